The molecule has 7 heteroatoms. The van der Waals surface area contributed by atoms with Crippen LogP contribution in [0.2, 0.25) is 0 Å². The molecule has 26 heavy (non-hydrogen) atoms. The minimum atomic E-state index is -0.835. The zero-order valence-electron chi connectivity index (χ0n) is 14.2. The van der Waals surface area contributed by atoms with Crippen molar-refractivity contribution in [1.82, 2.24) is 4.98 Å². The Morgan fingerprint density at radius 1 is 1.42 bits per heavy atom. The Kier molecular flexibility index (Phi) is 6.46. The van der Waals surface area contributed by atoms with E-state index in [1.54, 1.807) is 18.3 Å². The topological polar surface area (TPSA) is 68.7 Å². The van der Waals surface area contributed by atoms with E-state index in [1.807, 2.05) is 12.1 Å². The molecule has 0 saturated carbocycles. The maximum atomic E-state index is 14.4. The predicted octanol–water partition coefficient (Wildman–Crippen LogP) is 4.01. The molecular weight excluding hydrogens is 357 g/mol. The first-order valence-electron chi connectivity index (χ1n) is 8.47. The van der Waals surface area contributed by atoms with Gasteiger partial charge < -0.3 is 14.6 Å². The molecule has 1 fully saturated rings. The number of thioether (sulfide) groups is 1. The van der Waals surface area contributed by atoms with Crippen molar-refractivity contribution in [3.63, 3.8) is 0 Å². The number of carbonyl (C=O) groups is 1. The molecule has 1 aromatic heterocycles. The Hall–Kier alpha value is -2.12. The van der Waals surface area contributed by atoms with Crippen LogP contribution in [0.15, 0.2) is 41.4 Å². The molecule has 1 unspecified atom stereocenters. The summed E-state index contributed by atoms with van der Waals surface area (Å²) in [6, 6.07) is 8.66. The third-order valence-electron chi connectivity index (χ3n) is 3.97. The Balaban J connectivity index is 1.71. The van der Waals surface area contributed by atoms with Crippen LogP contribution in [0.25, 0.3) is 11.1 Å². The number of rotatable bonds is 8. The zero-order chi connectivity index (χ0) is 18.4. The standard InChI is InChI=1S/C19H20FNO4S/c20-16-11-13(5-6-17(16)26-10-2-4-18(22)23)15-3-1-8-21-19(15)25-14-7-9-24-12-14/h1,3,5-6,8,11,14H,2,4,7,9-10,12H2,(H,22,23). The monoisotopic (exact) mass is 377 g/mol. The highest BCUT2D eigenvalue weighted by molar-refractivity contribution is 7.99. The van der Waals surface area contributed by atoms with Gasteiger partial charge in [0.05, 0.1) is 13.2 Å². The highest BCUT2D eigenvalue weighted by Crippen LogP contribution is 2.32. The van der Waals surface area contributed by atoms with Gasteiger partial charge in [0.15, 0.2) is 0 Å². The fourth-order valence-electron chi connectivity index (χ4n) is 2.66. The van der Waals surface area contributed by atoms with E-state index in [9.17, 15) is 9.18 Å². The quantitative estimate of drug-likeness (QED) is 0.554. The summed E-state index contributed by atoms with van der Waals surface area (Å²) < 4.78 is 25.7. The van der Waals surface area contributed by atoms with Gasteiger partial charge in [-0.15, -0.1) is 11.8 Å². The van der Waals surface area contributed by atoms with Crippen molar-refractivity contribution in [2.24, 2.45) is 0 Å². The van der Waals surface area contributed by atoms with Crippen LogP contribution in [0.4, 0.5) is 4.39 Å². The minimum absolute atomic E-state index is 0.0300. The summed E-state index contributed by atoms with van der Waals surface area (Å²) in [6.45, 7) is 1.21. The fraction of sp³-hybridized carbons (Fsp3) is 0.368. The molecule has 2 heterocycles. The van der Waals surface area contributed by atoms with Gasteiger partial charge in [0.25, 0.3) is 0 Å². The van der Waals surface area contributed by atoms with E-state index in [0.29, 0.717) is 41.7 Å². The Morgan fingerprint density at radius 2 is 2.31 bits per heavy atom. The van der Waals surface area contributed by atoms with Crippen molar-refractivity contribution < 1.29 is 23.8 Å². The number of carboxylic acids is 1. The average Bonchev–Trinajstić information content (AvgIpc) is 3.13. The van der Waals surface area contributed by atoms with E-state index in [0.717, 1.165) is 12.0 Å². The molecule has 0 spiro atoms. The van der Waals surface area contributed by atoms with Gasteiger partial charge in [-0.3, -0.25) is 4.79 Å². The molecule has 1 saturated heterocycles. The van der Waals surface area contributed by atoms with Crippen molar-refractivity contribution in [1.29, 1.82) is 0 Å². The maximum absolute atomic E-state index is 14.4. The van der Waals surface area contributed by atoms with E-state index in [1.165, 1.54) is 17.8 Å². The predicted molar refractivity (Wildman–Crippen MR) is 97.1 cm³/mol. The first-order valence-corrected chi connectivity index (χ1v) is 9.46. The van der Waals surface area contributed by atoms with Crippen LogP contribution in [0.3, 0.4) is 0 Å². The molecule has 3 rings (SSSR count). The number of nitrogens with zero attached hydrogens (tertiary/aromatic N) is 1. The molecule has 1 N–H and O–H groups in total. The van der Waals surface area contributed by atoms with Gasteiger partial charge in [-0.25, -0.2) is 9.37 Å². The van der Waals surface area contributed by atoms with Gasteiger partial charge in [0, 0.05) is 29.5 Å². The second-order valence-electron chi connectivity index (χ2n) is 5.95. The molecular formula is C19H20FNO4S. The summed E-state index contributed by atoms with van der Waals surface area (Å²) in [6.07, 6.45) is 3.03. The maximum Gasteiger partial charge on any atom is 0.303 e. The molecule has 0 aliphatic carbocycles. The number of hydrogen-bond acceptors (Lipinski definition) is 5. The summed E-state index contributed by atoms with van der Waals surface area (Å²) in [7, 11) is 0. The number of hydrogen-bond donors (Lipinski definition) is 1. The molecule has 0 radical (unpaired) electrons. The molecule has 0 amide bonds. The highest BCUT2D eigenvalue weighted by atomic mass is 32.2. The highest BCUT2D eigenvalue weighted by Gasteiger charge is 2.20. The lowest BCUT2D eigenvalue weighted by atomic mass is 10.1. The van der Waals surface area contributed by atoms with Crippen molar-refractivity contribution >= 4 is 17.7 Å². The molecule has 5 nitrogen and oxygen atoms in total. The van der Waals surface area contributed by atoms with E-state index in [-0.39, 0.29) is 18.3 Å². The zero-order valence-corrected chi connectivity index (χ0v) is 15.0. The van der Waals surface area contributed by atoms with Gasteiger partial charge in [-0.05, 0) is 42.0 Å². The number of halogens is 1. The van der Waals surface area contributed by atoms with Gasteiger partial charge in [0.1, 0.15) is 11.9 Å². The Morgan fingerprint density at radius 3 is 3.04 bits per heavy atom. The number of aliphatic carboxylic acids is 1. The van der Waals surface area contributed by atoms with Crippen molar-refractivity contribution in [2.45, 2.75) is 30.3 Å². The van der Waals surface area contributed by atoms with Crippen molar-refractivity contribution in [3.05, 3.63) is 42.3 Å². The minimum Gasteiger partial charge on any atom is -0.481 e. The number of carboxylic acid groups (broad SMARTS) is 1. The van der Waals surface area contributed by atoms with E-state index >= 15 is 0 Å². The van der Waals surface area contributed by atoms with E-state index in [4.69, 9.17) is 14.6 Å². The van der Waals surface area contributed by atoms with Crippen LogP contribution >= 0.6 is 11.8 Å². The largest absolute Gasteiger partial charge is 0.481 e. The molecule has 2 aromatic rings. The molecule has 138 valence electrons. The van der Waals surface area contributed by atoms with Crippen LogP contribution in [0.5, 0.6) is 5.88 Å². The third-order valence-corrected chi connectivity index (χ3v) is 5.11. The molecule has 1 atom stereocenters. The molecule has 1 aliphatic heterocycles. The van der Waals surface area contributed by atoms with Crippen LogP contribution < -0.4 is 4.74 Å². The van der Waals surface area contributed by atoms with Crippen molar-refractivity contribution in [3.8, 4) is 17.0 Å². The lowest BCUT2D eigenvalue weighted by Crippen LogP contribution is -2.16. The lowest BCUT2D eigenvalue weighted by Gasteiger charge is -2.14. The number of ether oxygens (including phenoxy) is 2. The van der Waals surface area contributed by atoms with Crippen LogP contribution in [-0.4, -0.2) is 41.1 Å². The van der Waals surface area contributed by atoms with Gasteiger partial charge in [0.2, 0.25) is 5.88 Å². The lowest BCUT2D eigenvalue weighted by molar-refractivity contribution is -0.137. The summed E-state index contributed by atoms with van der Waals surface area (Å²) in [4.78, 5) is 15.3. The van der Waals surface area contributed by atoms with Crippen LogP contribution in [0, 0.1) is 5.82 Å². The summed E-state index contributed by atoms with van der Waals surface area (Å²) in [5.74, 6) is -0.129. The molecule has 1 aliphatic rings. The summed E-state index contributed by atoms with van der Waals surface area (Å²) >= 11 is 1.32. The SMILES string of the molecule is O=C(O)CCCSc1ccc(-c2cccnc2OC2CCOC2)cc1F. The second kappa shape index (κ2) is 9.00. The number of pyridine rings is 1. The Bertz CT molecular complexity index is 765. The Labute approximate surface area is 155 Å². The van der Waals surface area contributed by atoms with E-state index in [2.05, 4.69) is 4.98 Å². The number of benzene rings is 1. The van der Waals surface area contributed by atoms with Gasteiger partial charge >= 0.3 is 5.97 Å². The second-order valence-corrected chi connectivity index (χ2v) is 7.09. The van der Waals surface area contributed by atoms with Crippen LogP contribution in [0.1, 0.15) is 19.3 Å². The smallest absolute Gasteiger partial charge is 0.303 e. The van der Waals surface area contributed by atoms with Gasteiger partial charge in [-0.1, -0.05) is 6.07 Å². The normalized spacial score (nSPS) is 16.6. The summed E-state index contributed by atoms with van der Waals surface area (Å²) in [5, 5.41) is 8.65. The first kappa shape index (κ1) is 18.7. The third kappa shape index (κ3) is 4.95. The van der Waals surface area contributed by atoms with Crippen molar-refractivity contribution in [2.75, 3.05) is 19.0 Å². The molecule has 1 aromatic carbocycles. The molecule has 0 bridgehead atoms. The number of aromatic nitrogens is 1. The fourth-order valence-corrected chi connectivity index (χ4v) is 3.53. The van der Waals surface area contributed by atoms with E-state index < -0.39 is 5.97 Å². The summed E-state index contributed by atoms with van der Waals surface area (Å²) in [5.41, 5.74) is 1.43. The van der Waals surface area contributed by atoms with Gasteiger partial charge in [-0.2, -0.15) is 0 Å². The average molecular weight is 377 g/mol. The van der Waals surface area contributed by atoms with Crippen LogP contribution in [-0.2, 0) is 9.53 Å². The first-order chi connectivity index (χ1) is 12.6.